The van der Waals surface area contributed by atoms with Gasteiger partial charge < -0.3 is 14.7 Å². The number of carbonyl (C=O) groups excluding carboxylic acids is 1. The third-order valence-electron chi connectivity index (χ3n) is 2.95. The molecule has 0 radical (unpaired) electrons. The summed E-state index contributed by atoms with van der Waals surface area (Å²) in [6.45, 7) is -0.296. The van der Waals surface area contributed by atoms with Gasteiger partial charge in [0.15, 0.2) is 0 Å². The van der Waals surface area contributed by atoms with Crippen molar-refractivity contribution < 1.29 is 19.4 Å². The molecule has 1 aliphatic rings. The van der Waals surface area contributed by atoms with Crippen LogP contribution in [0.25, 0.3) is 0 Å². The number of hydrogen-bond donors (Lipinski definition) is 1. The third kappa shape index (κ3) is 3.17. The topological polar surface area (TPSA) is 66.8 Å². The van der Waals surface area contributed by atoms with Crippen molar-refractivity contribution in [2.45, 2.75) is 18.9 Å². The number of methoxy groups -OCH3 is 1. The second-order valence-corrected chi connectivity index (χ2v) is 4.84. The summed E-state index contributed by atoms with van der Waals surface area (Å²) in [5.74, 6) is -1.000. The summed E-state index contributed by atoms with van der Waals surface area (Å²) in [6, 6.07) is 4.70. The fourth-order valence-corrected chi connectivity index (χ4v) is 2.06. The molecular weight excluding hydrogens is 270 g/mol. The molecule has 1 aliphatic carbocycles. The highest BCUT2D eigenvalue weighted by atomic mass is 35.5. The van der Waals surface area contributed by atoms with Crippen LogP contribution in [0.1, 0.15) is 23.2 Å². The smallest absolute Gasteiger partial charge is 0.323 e. The number of benzene rings is 1. The van der Waals surface area contributed by atoms with Gasteiger partial charge in [0, 0.05) is 11.1 Å². The predicted molar refractivity (Wildman–Crippen MR) is 69.7 cm³/mol. The maximum atomic E-state index is 12.4. The Labute approximate surface area is 115 Å². The first-order valence-corrected chi connectivity index (χ1v) is 6.27. The van der Waals surface area contributed by atoms with Gasteiger partial charge >= 0.3 is 5.97 Å². The van der Waals surface area contributed by atoms with E-state index in [2.05, 4.69) is 0 Å². The lowest BCUT2D eigenvalue weighted by Crippen LogP contribution is -2.37. The normalized spacial score (nSPS) is 14.0. The van der Waals surface area contributed by atoms with E-state index in [1.807, 2.05) is 0 Å². The molecule has 1 fully saturated rings. The number of ether oxygens (including phenoxy) is 1. The molecule has 0 saturated heterocycles. The van der Waals surface area contributed by atoms with Crippen LogP contribution in [0, 0.1) is 0 Å². The standard InChI is InChI=1S/C13H14ClNO4/c1-19-11-6-8(14)2-5-10(11)13(18)15(7-12(16)17)9-3-4-9/h2,5-6,9H,3-4,7H2,1H3,(H,16,17). The molecule has 19 heavy (non-hydrogen) atoms. The number of nitrogens with zero attached hydrogens (tertiary/aromatic N) is 1. The number of rotatable bonds is 5. The summed E-state index contributed by atoms with van der Waals surface area (Å²) in [5, 5.41) is 9.34. The van der Waals surface area contributed by atoms with E-state index >= 15 is 0 Å². The van der Waals surface area contributed by atoms with Crippen molar-refractivity contribution in [3.8, 4) is 5.75 Å². The quantitative estimate of drug-likeness (QED) is 0.898. The Balaban J connectivity index is 2.28. The molecule has 5 nitrogen and oxygen atoms in total. The zero-order valence-corrected chi connectivity index (χ0v) is 11.2. The predicted octanol–water partition coefficient (Wildman–Crippen LogP) is 2.04. The summed E-state index contributed by atoms with van der Waals surface area (Å²) in [7, 11) is 1.45. The number of halogens is 1. The van der Waals surface area contributed by atoms with Gasteiger partial charge in [-0.25, -0.2) is 0 Å². The number of amides is 1. The second-order valence-electron chi connectivity index (χ2n) is 4.40. The van der Waals surface area contributed by atoms with Gasteiger partial charge in [0.05, 0.1) is 12.7 Å². The Morgan fingerprint density at radius 3 is 2.68 bits per heavy atom. The van der Waals surface area contributed by atoms with Crippen molar-refractivity contribution in [2.24, 2.45) is 0 Å². The number of carboxylic acids is 1. The van der Waals surface area contributed by atoms with Crippen molar-refractivity contribution in [1.82, 2.24) is 4.90 Å². The zero-order chi connectivity index (χ0) is 14.0. The third-order valence-corrected chi connectivity index (χ3v) is 3.18. The van der Waals surface area contributed by atoms with Gasteiger partial charge in [-0.3, -0.25) is 9.59 Å². The van der Waals surface area contributed by atoms with Crippen LogP contribution in [0.2, 0.25) is 5.02 Å². The van der Waals surface area contributed by atoms with Crippen LogP contribution in [0.15, 0.2) is 18.2 Å². The highest BCUT2D eigenvalue weighted by molar-refractivity contribution is 6.30. The van der Waals surface area contributed by atoms with Crippen LogP contribution >= 0.6 is 11.6 Å². The van der Waals surface area contributed by atoms with E-state index in [1.165, 1.54) is 12.0 Å². The summed E-state index contributed by atoms with van der Waals surface area (Å²) in [5.41, 5.74) is 0.333. The molecule has 0 atom stereocenters. The fourth-order valence-electron chi connectivity index (χ4n) is 1.90. The zero-order valence-electron chi connectivity index (χ0n) is 10.4. The second kappa shape index (κ2) is 5.48. The summed E-state index contributed by atoms with van der Waals surface area (Å²) in [6.07, 6.45) is 1.68. The Morgan fingerprint density at radius 2 is 2.16 bits per heavy atom. The molecule has 1 N–H and O–H groups in total. The fraction of sp³-hybridized carbons (Fsp3) is 0.385. The minimum Gasteiger partial charge on any atom is -0.496 e. The van der Waals surface area contributed by atoms with Gasteiger partial charge in [-0.05, 0) is 31.0 Å². The van der Waals surface area contributed by atoms with Crippen molar-refractivity contribution in [1.29, 1.82) is 0 Å². The molecule has 1 aromatic carbocycles. The minimum atomic E-state index is -1.02. The van der Waals surface area contributed by atoms with Crippen molar-refractivity contribution in [3.63, 3.8) is 0 Å². The lowest BCUT2D eigenvalue weighted by molar-refractivity contribution is -0.137. The average Bonchev–Trinajstić information content (AvgIpc) is 3.19. The van der Waals surface area contributed by atoms with Gasteiger partial charge in [0.1, 0.15) is 12.3 Å². The SMILES string of the molecule is COc1cc(Cl)ccc1C(=O)N(CC(=O)O)C1CC1. The van der Waals surface area contributed by atoms with Gasteiger partial charge in [-0.1, -0.05) is 11.6 Å². The van der Waals surface area contributed by atoms with Crippen LogP contribution in [0.5, 0.6) is 5.75 Å². The maximum absolute atomic E-state index is 12.4. The Bertz CT molecular complexity index is 513. The van der Waals surface area contributed by atoms with Crippen LogP contribution in [-0.4, -0.2) is 41.6 Å². The number of carboxylic acid groups (broad SMARTS) is 1. The molecule has 102 valence electrons. The summed E-state index contributed by atoms with van der Waals surface area (Å²) in [4.78, 5) is 24.6. The monoisotopic (exact) mass is 283 g/mol. The molecular formula is C13H14ClNO4. The molecule has 0 spiro atoms. The average molecular weight is 284 g/mol. The molecule has 0 bridgehead atoms. The molecule has 0 aliphatic heterocycles. The van der Waals surface area contributed by atoms with E-state index in [4.69, 9.17) is 21.4 Å². The molecule has 2 rings (SSSR count). The van der Waals surface area contributed by atoms with Crippen LogP contribution in [0.4, 0.5) is 0 Å². The Morgan fingerprint density at radius 1 is 1.47 bits per heavy atom. The molecule has 6 heteroatoms. The van der Waals surface area contributed by atoms with E-state index in [0.717, 1.165) is 12.8 Å². The van der Waals surface area contributed by atoms with E-state index in [1.54, 1.807) is 18.2 Å². The molecule has 0 heterocycles. The first-order valence-electron chi connectivity index (χ1n) is 5.89. The molecule has 0 unspecified atom stereocenters. The lowest BCUT2D eigenvalue weighted by atomic mass is 10.1. The molecule has 1 saturated carbocycles. The highest BCUT2D eigenvalue weighted by Crippen LogP contribution is 2.31. The first kappa shape index (κ1) is 13.7. The van der Waals surface area contributed by atoms with Gasteiger partial charge in [-0.2, -0.15) is 0 Å². The largest absolute Gasteiger partial charge is 0.496 e. The Hall–Kier alpha value is -1.75. The van der Waals surface area contributed by atoms with E-state index in [0.29, 0.717) is 16.3 Å². The lowest BCUT2D eigenvalue weighted by Gasteiger charge is -2.21. The van der Waals surface area contributed by atoms with Crippen molar-refractivity contribution >= 4 is 23.5 Å². The Kier molecular flexibility index (Phi) is 3.95. The minimum absolute atomic E-state index is 0.0176. The van der Waals surface area contributed by atoms with Crippen molar-refractivity contribution in [3.05, 3.63) is 28.8 Å². The van der Waals surface area contributed by atoms with E-state index in [-0.39, 0.29) is 18.5 Å². The van der Waals surface area contributed by atoms with Gasteiger partial charge in [-0.15, -0.1) is 0 Å². The molecule has 1 amide bonds. The number of hydrogen-bond acceptors (Lipinski definition) is 3. The van der Waals surface area contributed by atoms with Gasteiger partial charge in [0.2, 0.25) is 0 Å². The highest BCUT2D eigenvalue weighted by Gasteiger charge is 2.35. The van der Waals surface area contributed by atoms with Gasteiger partial charge in [0.25, 0.3) is 5.91 Å². The van der Waals surface area contributed by atoms with Crippen LogP contribution in [0.3, 0.4) is 0 Å². The summed E-state index contributed by atoms with van der Waals surface area (Å²) >= 11 is 5.84. The maximum Gasteiger partial charge on any atom is 0.323 e. The summed E-state index contributed by atoms with van der Waals surface area (Å²) < 4.78 is 5.12. The van der Waals surface area contributed by atoms with Crippen LogP contribution in [-0.2, 0) is 4.79 Å². The van der Waals surface area contributed by atoms with Crippen molar-refractivity contribution in [2.75, 3.05) is 13.7 Å². The molecule has 0 aromatic heterocycles. The van der Waals surface area contributed by atoms with E-state index < -0.39 is 5.97 Å². The molecule has 1 aromatic rings. The van der Waals surface area contributed by atoms with E-state index in [9.17, 15) is 9.59 Å². The van der Waals surface area contributed by atoms with Crippen LogP contribution < -0.4 is 4.74 Å². The number of carbonyl (C=O) groups is 2. The number of aliphatic carboxylic acids is 1. The first-order chi connectivity index (χ1) is 9.02.